The van der Waals surface area contributed by atoms with Crippen LogP contribution in [0.15, 0.2) is 18.5 Å². The monoisotopic (exact) mass is 201 g/mol. The number of ether oxygens (including phenoxy) is 1. The van der Waals surface area contributed by atoms with Crippen LogP contribution in [-0.4, -0.2) is 23.8 Å². The molecule has 0 aliphatic heterocycles. The van der Waals surface area contributed by atoms with Crippen LogP contribution in [0.4, 0.5) is 8.78 Å². The molecule has 0 saturated carbocycles. The summed E-state index contributed by atoms with van der Waals surface area (Å²) in [6.07, 6.45) is 3.17. The Morgan fingerprint density at radius 2 is 2.29 bits per heavy atom. The van der Waals surface area contributed by atoms with E-state index in [2.05, 4.69) is 4.98 Å². The molecule has 1 aromatic rings. The smallest absolute Gasteiger partial charge is 0.278 e. The van der Waals surface area contributed by atoms with Crippen LogP contribution in [0.2, 0.25) is 0 Å². The van der Waals surface area contributed by atoms with Gasteiger partial charge in [-0.25, -0.2) is 8.78 Å². The van der Waals surface area contributed by atoms with Gasteiger partial charge in [0.1, 0.15) is 5.75 Å². The first kappa shape index (κ1) is 10.6. The number of rotatable bonds is 4. The first-order chi connectivity index (χ1) is 6.51. The Labute approximate surface area is 79.7 Å². The quantitative estimate of drug-likeness (QED) is 0.698. The summed E-state index contributed by atoms with van der Waals surface area (Å²) < 4.78 is 29.5. The summed E-state index contributed by atoms with van der Waals surface area (Å²) in [5.74, 6) is -2.73. The van der Waals surface area contributed by atoms with Crippen molar-refractivity contribution in [2.45, 2.75) is 12.8 Å². The normalized spacial score (nSPS) is 11.1. The molecule has 1 rings (SSSR count). The number of alkyl halides is 2. The van der Waals surface area contributed by atoms with Gasteiger partial charge in [0.25, 0.3) is 5.92 Å². The lowest BCUT2D eigenvalue weighted by molar-refractivity contribution is -0.0230. The molecule has 0 unspecified atom stereocenters. The van der Waals surface area contributed by atoms with Crippen molar-refractivity contribution in [2.75, 3.05) is 6.61 Å². The maximum absolute atomic E-state index is 12.4. The van der Waals surface area contributed by atoms with Gasteiger partial charge in [0.15, 0.2) is 12.9 Å². The van der Waals surface area contributed by atoms with Crippen LogP contribution < -0.4 is 4.74 Å². The molecule has 0 saturated heterocycles. The molecule has 0 aliphatic carbocycles. The van der Waals surface area contributed by atoms with E-state index in [1.54, 1.807) is 0 Å². The molecular weight excluding hydrogens is 192 g/mol. The van der Waals surface area contributed by atoms with Gasteiger partial charge >= 0.3 is 0 Å². The average molecular weight is 201 g/mol. The van der Waals surface area contributed by atoms with E-state index in [0.717, 1.165) is 6.92 Å². The molecular formula is C9H9F2NO2. The third-order valence-corrected chi connectivity index (χ3v) is 1.36. The number of nitrogens with zero attached hydrogens (tertiary/aromatic N) is 1. The fourth-order valence-electron chi connectivity index (χ4n) is 0.789. The van der Waals surface area contributed by atoms with Gasteiger partial charge < -0.3 is 4.74 Å². The van der Waals surface area contributed by atoms with E-state index in [9.17, 15) is 13.6 Å². The van der Waals surface area contributed by atoms with Gasteiger partial charge in [0.2, 0.25) is 0 Å². The highest BCUT2D eigenvalue weighted by atomic mass is 19.3. The first-order valence-corrected chi connectivity index (χ1v) is 3.92. The van der Waals surface area contributed by atoms with E-state index in [4.69, 9.17) is 4.74 Å². The lowest BCUT2D eigenvalue weighted by atomic mass is 10.3. The van der Waals surface area contributed by atoms with Gasteiger partial charge in [-0.05, 0) is 6.07 Å². The fraction of sp³-hybridized carbons (Fsp3) is 0.333. The first-order valence-electron chi connectivity index (χ1n) is 3.92. The van der Waals surface area contributed by atoms with Gasteiger partial charge in [-0.2, -0.15) is 0 Å². The Morgan fingerprint density at radius 3 is 2.86 bits per heavy atom. The maximum atomic E-state index is 12.4. The highest BCUT2D eigenvalue weighted by Gasteiger charge is 2.21. The lowest BCUT2D eigenvalue weighted by Crippen LogP contribution is -2.20. The van der Waals surface area contributed by atoms with Gasteiger partial charge in [0, 0.05) is 18.7 Å². The Bertz CT molecular complexity index is 323. The van der Waals surface area contributed by atoms with Crippen molar-refractivity contribution in [2.24, 2.45) is 0 Å². The number of aromatic nitrogens is 1. The molecule has 0 spiro atoms. The van der Waals surface area contributed by atoms with Gasteiger partial charge in [-0.15, -0.1) is 0 Å². The van der Waals surface area contributed by atoms with E-state index in [-0.39, 0.29) is 5.75 Å². The van der Waals surface area contributed by atoms with Crippen LogP contribution in [0.3, 0.4) is 0 Å². The van der Waals surface area contributed by atoms with E-state index < -0.39 is 12.5 Å². The summed E-state index contributed by atoms with van der Waals surface area (Å²) in [6, 6.07) is 1.35. The zero-order valence-electron chi connectivity index (χ0n) is 7.54. The van der Waals surface area contributed by atoms with Crippen molar-refractivity contribution < 1.29 is 18.3 Å². The molecule has 3 nitrogen and oxygen atoms in total. The summed E-state index contributed by atoms with van der Waals surface area (Å²) in [7, 11) is 0. The minimum absolute atomic E-state index is 0.163. The minimum Gasteiger partial charge on any atom is -0.486 e. The Kier molecular flexibility index (Phi) is 3.11. The van der Waals surface area contributed by atoms with Gasteiger partial charge in [0.05, 0.1) is 6.20 Å². The van der Waals surface area contributed by atoms with Crippen LogP contribution in [0.1, 0.15) is 17.3 Å². The minimum atomic E-state index is -2.89. The summed E-state index contributed by atoms with van der Waals surface area (Å²) >= 11 is 0. The number of pyridine rings is 1. The molecule has 76 valence electrons. The van der Waals surface area contributed by atoms with E-state index >= 15 is 0 Å². The molecule has 0 N–H and O–H groups in total. The van der Waals surface area contributed by atoms with Crippen LogP contribution in [-0.2, 0) is 0 Å². The SMILES string of the molecule is CC(F)(F)COc1cncc(C=O)c1. The lowest BCUT2D eigenvalue weighted by Gasteiger charge is -2.11. The number of hydrogen-bond acceptors (Lipinski definition) is 3. The Balaban J connectivity index is 2.63. The van der Waals surface area contributed by atoms with Crippen LogP contribution >= 0.6 is 0 Å². The molecule has 0 bridgehead atoms. The predicted molar refractivity (Wildman–Crippen MR) is 45.7 cm³/mol. The number of carbonyl (C=O) groups excluding carboxylic acids is 1. The van der Waals surface area contributed by atoms with Crippen LogP contribution in [0.5, 0.6) is 5.75 Å². The third-order valence-electron chi connectivity index (χ3n) is 1.36. The van der Waals surface area contributed by atoms with E-state index in [1.165, 1.54) is 18.5 Å². The number of aldehydes is 1. The summed E-state index contributed by atoms with van der Waals surface area (Å²) in [6.45, 7) is 0.0288. The van der Waals surface area contributed by atoms with Crippen molar-refractivity contribution >= 4 is 6.29 Å². The topological polar surface area (TPSA) is 39.2 Å². The van der Waals surface area contributed by atoms with Crippen molar-refractivity contribution in [3.05, 3.63) is 24.0 Å². The van der Waals surface area contributed by atoms with Crippen molar-refractivity contribution in [1.82, 2.24) is 4.98 Å². The standard InChI is InChI=1S/C9H9F2NO2/c1-9(10,11)6-14-8-2-7(5-13)3-12-4-8/h2-5H,6H2,1H3. The molecule has 0 fully saturated rings. The largest absolute Gasteiger partial charge is 0.486 e. The molecule has 1 aromatic heterocycles. The molecule has 0 atom stereocenters. The second kappa shape index (κ2) is 4.13. The molecule has 0 aromatic carbocycles. The second-order valence-electron chi connectivity index (χ2n) is 2.93. The molecule has 0 aliphatic rings. The third kappa shape index (κ3) is 3.47. The van der Waals surface area contributed by atoms with Crippen molar-refractivity contribution in [1.29, 1.82) is 0 Å². The number of carbonyl (C=O) groups is 1. The maximum Gasteiger partial charge on any atom is 0.278 e. The van der Waals surface area contributed by atoms with Crippen LogP contribution in [0.25, 0.3) is 0 Å². The summed E-state index contributed by atoms with van der Waals surface area (Å²) in [4.78, 5) is 14.0. The van der Waals surface area contributed by atoms with E-state index in [1.807, 2.05) is 0 Å². The predicted octanol–water partition coefficient (Wildman–Crippen LogP) is 1.93. The zero-order valence-corrected chi connectivity index (χ0v) is 7.54. The Hall–Kier alpha value is -1.52. The summed E-state index contributed by atoms with van der Waals surface area (Å²) in [5.41, 5.74) is 0.293. The zero-order chi connectivity index (χ0) is 10.6. The Morgan fingerprint density at radius 1 is 1.57 bits per heavy atom. The highest BCUT2D eigenvalue weighted by Crippen LogP contribution is 2.16. The molecule has 1 heterocycles. The average Bonchev–Trinajstić information content (AvgIpc) is 2.14. The summed E-state index contributed by atoms with van der Waals surface area (Å²) in [5, 5.41) is 0. The highest BCUT2D eigenvalue weighted by molar-refractivity contribution is 5.74. The number of halogens is 2. The fourth-order valence-corrected chi connectivity index (χ4v) is 0.789. The van der Waals surface area contributed by atoms with Crippen LogP contribution in [0, 0.1) is 0 Å². The van der Waals surface area contributed by atoms with Crippen molar-refractivity contribution in [3.63, 3.8) is 0 Å². The van der Waals surface area contributed by atoms with Crippen molar-refractivity contribution in [3.8, 4) is 5.75 Å². The molecule has 0 amide bonds. The van der Waals surface area contributed by atoms with E-state index in [0.29, 0.717) is 11.8 Å². The molecule has 5 heteroatoms. The second-order valence-corrected chi connectivity index (χ2v) is 2.93. The molecule has 14 heavy (non-hydrogen) atoms. The molecule has 0 radical (unpaired) electrons. The number of hydrogen-bond donors (Lipinski definition) is 0. The van der Waals surface area contributed by atoms with Gasteiger partial charge in [-0.3, -0.25) is 9.78 Å². The van der Waals surface area contributed by atoms with Gasteiger partial charge in [-0.1, -0.05) is 0 Å².